The van der Waals surface area contributed by atoms with Gasteiger partial charge in [-0.2, -0.15) is 0 Å². The molecular formula is C9H13NO6S. The quantitative estimate of drug-likeness (QED) is 0.576. The highest BCUT2D eigenvalue weighted by Gasteiger charge is 2.20. The van der Waals surface area contributed by atoms with Crippen LogP contribution in [0.15, 0.2) is 0 Å². The zero-order chi connectivity index (χ0) is 13.4. The van der Waals surface area contributed by atoms with Crippen LogP contribution in [0.4, 0.5) is 0 Å². The topological polar surface area (TPSA) is 121 Å². The lowest BCUT2D eigenvalue weighted by Crippen LogP contribution is -2.42. The third-order valence-corrected chi connectivity index (χ3v) is 2.50. The number of rotatable bonds is 7. The Bertz CT molecular complexity index is 329. The van der Waals surface area contributed by atoms with Crippen LogP contribution >= 0.6 is 11.8 Å². The van der Waals surface area contributed by atoms with E-state index in [9.17, 15) is 19.2 Å². The summed E-state index contributed by atoms with van der Waals surface area (Å²) in [4.78, 5) is 42.8. The first-order chi connectivity index (χ1) is 7.82. The zero-order valence-electron chi connectivity index (χ0n) is 9.13. The molecule has 0 aliphatic carbocycles. The third-order valence-electron chi connectivity index (χ3n) is 1.69. The van der Waals surface area contributed by atoms with E-state index >= 15 is 0 Å². The van der Waals surface area contributed by atoms with E-state index in [0.29, 0.717) is 0 Å². The molecule has 0 rings (SSSR count). The third kappa shape index (κ3) is 8.26. The summed E-state index contributed by atoms with van der Waals surface area (Å²) in [5, 5.41) is 19.0. The molecule has 1 amide bonds. The molecule has 0 aromatic carbocycles. The maximum Gasteiger partial charge on any atom is 0.326 e. The predicted octanol–water partition coefficient (Wildman–Crippen LogP) is -0.300. The summed E-state index contributed by atoms with van der Waals surface area (Å²) in [6.07, 6.45) is -0.543. The minimum absolute atomic E-state index is 0.174. The normalized spacial score (nSPS) is 11.6. The van der Waals surface area contributed by atoms with Gasteiger partial charge in [0.15, 0.2) is 5.12 Å². The second-order valence-corrected chi connectivity index (χ2v) is 4.32. The Kier molecular flexibility index (Phi) is 6.95. The predicted molar refractivity (Wildman–Crippen MR) is 59.6 cm³/mol. The maximum absolute atomic E-state index is 11.2. The summed E-state index contributed by atoms with van der Waals surface area (Å²) in [7, 11) is 0. The van der Waals surface area contributed by atoms with Crippen molar-refractivity contribution in [2.75, 3.05) is 5.75 Å². The van der Waals surface area contributed by atoms with Crippen LogP contribution < -0.4 is 5.32 Å². The average molecular weight is 263 g/mol. The van der Waals surface area contributed by atoms with Crippen molar-refractivity contribution >= 4 is 34.7 Å². The lowest BCUT2D eigenvalue weighted by atomic mass is 10.1. The van der Waals surface area contributed by atoms with Gasteiger partial charge in [-0.3, -0.25) is 14.4 Å². The van der Waals surface area contributed by atoms with Crippen molar-refractivity contribution < 1.29 is 29.4 Å². The van der Waals surface area contributed by atoms with E-state index in [2.05, 4.69) is 5.32 Å². The molecule has 0 spiro atoms. The van der Waals surface area contributed by atoms with E-state index in [1.165, 1.54) is 6.92 Å². The van der Waals surface area contributed by atoms with Gasteiger partial charge in [0.2, 0.25) is 5.91 Å². The molecule has 0 heterocycles. The molecule has 96 valence electrons. The van der Waals surface area contributed by atoms with Gasteiger partial charge >= 0.3 is 11.9 Å². The molecule has 1 unspecified atom stereocenters. The van der Waals surface area contributed by atoms with Crippen LogP contribution in [0.5, 0.6) is 0 Å². The van der Waals surface area contributed by atoms with Crippen molar-refractivity contribution in [1.82, 2.24) is 5.32 Å². The van der Waals surface area contributed by atoms with Gasteiger partial charge in [-0.25, -0.2) is 4.79 Å². The van der Waals surface area contributed by atoms with Crippen LogP contribution in [0.1, 0.15) is 19.8 Å². The van der Waals surface area contributed by atoms with E-state index in [1.807, 2.05) is 0 Å². The molecule has 1 atom stereocenters. The van der Waals surface area contributed by atoms with Crippen LogP contribution in [-0.4, -0.2) is 45.0 Å². The van der Waals surface area contributed by atoms with Gasteiger partial charge in [0.25, 0.3) is 0 Å². The first-order valence-electron chi connectivity index (χ1n) is 4.70. The molecule has 0 aliphatic heterocycles. The van der Waals surface area contributed by atoms with Crippen molar-refractivity contribution in [2.45, 2.75) is 25.8 Å². The molecule has 3 N–H and O–H groups in total. The number of carboxylic acids is 2. The molecular weight excluding hydrogens is 250 g/mol. The molecule has 0 saturated carbocycles. The Morgan fingerprint density at radius 2 is 1.82 bits per heavy atom. The van der Waals surface area contributed by atoms with E-state index in [0.717, 1.165) is 11.8 Å². The molecule has 0 radical (unpaired) electrons. The number of hydrogen-bond acceptors (Lipinski definition) is 5. The fourth-order valence-corrected chi connectivity index (χ4v) is 1.35. The number of carbonyl (C=O) groups excluding carboxylic acids is 2. The van der Waals surface area contributed by atoms with Crippen LogP contribution in [0.3, 0.4) is 0 Å². The molecule has 7 nitrogen and oxygen atoms in total. The Morgan fingerprint density at radius 3 is 2.24 bits per heavy atom. The molecule has 8 heteroatoms. The number of aliphatic carboxylic acids is 2. The van der Waals surface area contributed by atoms with Gasteiger partial charge in [0.1, 0.15) is 6.04 Å². The zero-order valence-corrected chi connectivity index (χ0v) is 9.95. The van der Waals surface area contributed by atoms with Crippen molar-refractivity contribution in [3.63, 3.8) is 0 Å². The lowest BCUT2D eigenvalue weighted by molar-refractivity contribution is -0.142. The van der Waals surface area contributed by atoms with Crippen LogP contribution in [0.25, 0.3) is 0 Å². The fraction of sp³-hybridized carbons (Fsp3) is 0.556. The van der Waals surface area contributed by atoms with Gasteiger partial charge in [-0.15, -0.1) is 0 Å². The van der Waals surface area contributed by atoms with Crippen molar-refractivity contribution in [2.24, 2.45) is 0 Å². The Balaban J connectivity index is 4.15. The maximum atomic E-state index is 11.2. The minimum atomic E-state index is -1.30. The van der Waals surface area contributed by atoms with Crippen LogP contribution in [0.2, 0.25) is 0 Å². The molecule has 0 aromatic rings. The second-order valence-electron chi connectivity index (χ2n) is 3.17. The summed E-state index contributed by atoms with van der Waals surface area (Å²) in [5.74, 6) is -3.22. The Morgan fingerprint density at radius 1 is 1.24 bits per heavy atom. The largest absolute Gasteiger partial charge is 0.481 e. The number of hydrogen-bond donors (Lipinski definition) is 3. The molecule has 0 saturated heterocycles. The van der Waals surface area contributed by atoms with Gasteiger partial charge in [-0.05, 0) is 6.42 Å². The van der Waals surface area contributed by atoms with E-state index in [4.69, 9.17) is 10.2 Å². The Hall–Kier alpha value is -1.57. The first kappa shape index (κ1) is 15.4. The van der Waals surface area contributed by atoms with E-state index in [1.54, 1.807) is 0 Å². The average Bonchev–Trinajstić information content (AvgIpc) is 2.20. The fourth-order valence-electron chi connectivity index (χ4n) is 0.928. The SMILES string of the molecule is CC(=O)SCC(=O)NC(CCC(=O)O)C(=O)O. The summed E-state index contributed by atoms with van der Waals surface area (Å²) < 4.78 is 0. The lowest BCUT2D eigenvalue weighted by Gasteiger charge is -2.12. The standard InChI is InChI=1S/C9H13NO6S/c1-5(11)17-4-7(12)10-6(9(15)16)2-3-8(13)14/h6H,2-4H2,1H3,(H,10,12)(H,13,14)(H,15,16). The van der Waals surface area contributed by atoms with Gasteiger partial charge in [0.05, 0.1) is 5.75 Å². The summed E-state index contributed by atoms with van der Waals surface area (Å²) in [6.45, 7) is 1.29. The van der Waals surface area contributed by atoms with Crippen LogP contribution in [-0.2, 0) is 19.2 Å². The van der Waals surface area contributed by atoms with Gasteiger partial charge in [-0.1, -0.05) is 11.8 Å². The van der Waals surface area contributed by atoms with E-state index in [-0.39, 0.29) is 23.7 Å². The molecule has 0 aromatic heterocycles. The first-order valence-corrected chi connectivity index (χ1v) is 5.68. The molecule has 0 bridgehead atoms. The van der Waals surface area contributed by atoms with Gasteiger partial charge in [0, 0.05) is 13.3 Å². The summed E-state index contributed by atoms with van der Waals surface area (Å²) in [5.41, 5.74) is 0. The highest BCUT2D eigenvalue weighted by Crippen LogP contribution is 2.02. The summed E-state index contributed by atoms with van der Waals surface area (Å²) >= 11 is 0.757. The number of thioether (sulfide) groups is 1. The Labute approximate surface area is 102 Å². The number of amides is 1. The van der Waals surface area contributed by atoms with Crippen molar-refractivity contribution in [3.8, 4) is 0 Å². The van der Waals surface area contributed by atoms with Crippen molar-refractivity contribution in [1.29, 1.82) is 0 Å². The summed E-state index contributed by atoms with van der Waals surface area (Å²) in [6, 6.07) is -1.24. The smallest absolute Gasteiger partial charge is 0.326 e. The highest BCUT2D eigenvalue weighted by atomic mass is 32.2. The second kappa shape index (κ2) is 7.66. The highest BCUT2D eigenvalue weighted by molar-refractivity contribution is 8.14. The van der Waals surface area contributed by atoms with Crippen LogP contribution in [0, 0.1) is 0 Å². The molecule has 0 fully saturated rings. The van der Waals surface area contributed by atoms with E-state index < -0.39 is 23.9 Å². The number of carbonyl (C=O) groups is 4. The number of nitrogens with one attached hydrogen (secondary N) is 1. The molecule has 17 heavy (non-hydrogen) atoms. The molecule has 0 aliphatic rings. The van der Waals surface area contributed by atoms with Crippen molar-refractivity contribution in [3.05, 3.63) is 0 Å². The number of carboxylic acid groups (broad SMARTS) is 2. The van der Waals surface area contributed by atoms with Gasteiger partial charge < -0.3 is 15.5 Å². The monoisotopic (exact) mass is 263 g/mol. The minimum Gasteiger partial charge on any atom is -0.481 e.